The lowest BCUT2D eigenvalue weighted by atomic mass is 10.3. The van der Waals surface area contributed by atoms with Gasteiger partial charge in [-0.2, -0.15) is 4.98 Å². The van der Waals surface area contributed by atoms with Crippen molar-refractivity contribution in [3.63, 3.8) is 0 Å². The SMILES string of the molecule is Nc1cccc(Oc2ccc(F)c(Cl)c2)n1. The zero-order chi connectivity index (χ0) is 11.5. The van der Waals surface area contributed by atoms with Gasteiger partial charge in [0.1, 0.15) is 17.4 Å². The van der Waals surface area contributed by atoms with Crippen molar-refractivity contribution in [3.05, 3.63) is 47.2 Å². The fourth-order valence-corrected chi connectivity index (χ4v) is 1.32. The van der Waals surface area contributed by atoms with Crippen LogP contribution in [0.2, 0.25) is 5.02 Å². The summed E-state index contributed by atoms with van der Waals surface area (Å²) >= 11 is 5.61. The quantitative estimate of drug-likeness (QED) is 0.874. The van der Waals surface area contributed by atoms with Gasteiger partial charge in [-0.3, -0.25) is 0 Å². The van der Waals surface area contributed by atoms with E-state index in [-0.39, 0.29) is 5.02 Å². The largest absolute Gasteiger partial charge is 0.439 e. The Balaban J connectivity index is 2.24. The van der Waals surface area contributed by atoms with Crippen molar-refractivity contribution in [1.82, 2.24) is 4.98 Å². The molecule has 0 aliphatic rings. The van der Waals surface area contributed by atoms with Crippen LogP contribution in [0.25, 0.3) is 0 Å². The summed E-state index contributed by atoms with van der Waals surface area (Å²) in [7, 11) is 0. The number of nitrogens with zero attached hydrogens (tertiary/aromatic N) is 1. The van der Waals surface area contributed by atoms with Crippen molar-refractivity contribution < 1.29 is 9.13 Å². The van der Waals surface area contributed by atoms with E-state index in [1.54, 1.807) is 18.2 Å². The highest BCUT2D eigenvalue weighted by molar-refractivity contribution is 6.30. The predicted molar refractivity (Wildman–Crippen MR) is 60.1 cm³/mol. The Hall–Kier alpha value is -1.81. The average molecular weight is 239 g/mol. The molecule has 0 bridgehead atoms. The highest BCUT2D eigenvalue weighted by atomic mass is 35.5. The second kappa shape index (κ2) is 4.37. The van der Waals surface area contributed by atoms with Gasteiger partial charge in [-0.25, -0.2) is 4.39 Å². The second-order valence-corrected chi connectivity index (χ2v) is 3.49. The van der Waals surface area contributed by atoms with Crippen molar-refractivity contribution in [3.8, 4) is 11.6 Å². The van der Waals surface area contributed by atoms with E-state index in [9.17, 15) is 4.39 Å². The number of nitrogen functional groups attached to an aromatic ring is 1. The number of benzene rings is 1. The summed E-state index contributed by atoms with van der Waals surface area (Å²) in [6.07, 6.45) is 0. The summed E-state index contributed by atoms with van der Waals surface area (Å²) in [5, 5.41) is 0.00130. The number of rotatable bonds is 2. The molecule has 1 aromatic heterocycles. The van der Waals surface area contributed by atoms with E-state index in [0.29, 0.717) is 17.4 Å². The Bertz CT molecular complexity index is 519. The van der Waals surface area contributed by atoms with Gasteiger partial charge >= 0.3 is 0 Å². The van der Waals surface area contributed by atoms with Crippen molar-refractivity contribution in [2.45, 2.75) is 0 Å². The lowest BCUT2D eigenvalue weighted by Gasteiger charge is -2.05. The Morgan fingerprint density at radius 3 is 2.75 bits per heavy atom. The van der Waals surface area contributed by atoms with E-state index in [2.05, 4.69) is 4.98 Å². The normalized spacial score (nSPS) is 10.1. The monoisotopic (exact) mass is 238 g/mol. The molecule has 0 aliphatic carbocycles. The molecule has 5 heteroatoms. The number of anilines is 1. The van der Waals surface area contributed by atoms with E-state index in [0.717, 1.165) is 0 Å². The molecular formula is C11H8ClFN2O. The van der Waals surface area contributed by atoms with E-state index in [1.165, 1.54) is 18.2 Å². The first kappa shape index (κ1) is 10.7. The molecule has 3 nitrogen and oxygen atoms in total. The molecule has 82 valence electrons. The summed E-state index contributed by atoms with van der Waals surface area (Å²) in [6.45, 7) is 0. The van der Waals surface area contributed by atoms with Crippen LogP contribution >= 0.6 is 11.6 Å². The third-order valence-electron chi connectivity index (χ3n) is 1.86. The van der Waals surface area contributed by atoms with Crippen LogP contribution in [-0.2, 0) is 0 Å². The molecule has 0 amide bonds. The third kappa shape index (κ3) is 2.41. The third-order valence-corrected chi connectivity index (χ3v) is 2.15. The highest BCUT2D eigenvalue weighted by Gasteiger charge is 2.03. The van der Waals surface area contributed by atoms with Gasteiger partial charge in [0.2, 0.25) is 5.88 Å². The Morgan fingerprint density at radius 1 is 1.25 bits per heavy atom. The van der Waals surface area contributed by atoms with Crippen LogP contribution in [0.4, 0.5) is 10.2 Å². The van der Waals surface area contributed by atoms with Crippen LogP contribution in [0.5, 0.6) is 11.6 Å². The van der Waals surface area contributed by atoms with Gasteiger partial charge in [0.05, 0.1) is 5.02 Å². The molecule has 0 saturated heterocycles. The second-order valence-electron chi connectivity index (χ2n) is 3.08. The minimum absolute atomic E-state index is 0.00130. The fourth-order valence-electron chi connectivity index (χ4n) is 1.15. The van der Waals surface area contributed by atoms with Crippen LogP contribution in [0.1, 0.15) is 0 Å². The van der Waals surface area contributed by atoms with Crippen molar-refractivity contribution >= 4 is 17.4 Å². The summed E-state index contributed by atoms with van der Waals surface area (Å²) in [5.74, 6) is 0.604. The van der Waals surface area contributed by atoms with Gasteiger partial charge in [0, 0.05) is 12.1 Å². The van der Waals surface area contributed by atoms with Crippen LogP contribution < -0.4 is 10.5 Å². The van der Waals surface area contributed by atoms with Gasteiger partial charge < -0.3 is 10.5 Å². The zero-order valence-electron chi connectivity index (χ0n) is 8.15. The molecule has 1 heterocycles. The topological polar surface area (TPSA) is 48.1 Å². The number of nitrogens with two attached hydrogens (primary N) is 1. The summed E-state index contributed by atoms with van der Waals surface area (Å²) in [4.78, 5) is 3.94. The molecule has 0 saturated carbocycles. The van der Waals surface area contributed by atoms with Gasteiger partial charge in [-0.05, 0) is 18.2 Å². The minimum Gasteiger partial charge on any atom is -0.439 e. The molecular weight excluding hydrogens is 231 g/mol. The van der Waals surface area contributed by atoms with Gasteiger partial charge in [-0.15, -0.1) is 0 Å². The van der Waals surface area contributed by atoms with Crippen LogP contribution in [0.15, 0.2) is 36.4 Å². The van der Waals surface area contributed by atoms with E-state index in [1.807, 2.05) is 0 Å². The van der Waals surface area contributed by atoms with Crippen LogP contribution in [0, 0.1) is 5.82 Å². The number of halogens is 2. The summed E-state index contributed by atoms with van der Waals surface area (Å²) < 4.78 is 18.2. The van der Waals surface area contributed by atoms with Gasteiger partial charge in [0.15, 0.2) is 0 Å². The fraction of sp³-hybridized carbons (Fsp3) is 0. The maximum Gasteiger partial charge on any atom is 0.221 e. The van der Waals surface area contributed by atoms with Crippen LogP contribution in [0.3, 0.4) is 0 Å². The number of hydrogen-bond acceptors (Lipinski definition) is 3. The number of hydrogen-bond donors (Lipinski definition) is 1. The molecule has 1 aromatic carbocycles. The highest BCUT2D eigenvalue weighted by Crippen LogP contribution is 2.25. The van der Waals surface area contributed by atoms with Crippen molar-refractivity contribution in [2.24, 2.45) is 0 Å². The molecule has 2 rings (SSSR count). The molecule has 0 unspecified atom stereocenters. The van der Waals surface area contributed by atoms with E-state index < -0.39 is 5.82 Å². The maximum atomic E-state index is 12.9. The molecule has 0 fully saturated rings. The molecule has 2 N–H and O–H groups in total. The average Bonchev–Trinajstić information content (AvgIpc) is 2.24. The Morgan fingerprint density at radius 2 is 2.06 bits per heavy atom. The molecule has 0 atom stereocenters. The molecule has 0 radical (unpaired) electrons. The van der Waals surface area contributed by atoms with Crippen LogP contribution in [-0.4, -0.2) is 4.98 Å². The van der Waals surface area contributed by atoms with Gasteiger partial charge in [-0.1, -0.05) is 17.7 Å². The maximum absolute atomic E-state index is 12.9. The lowest BCUT2D eigenvalue weighted by Crippen LogP contribution is -1.93. The van der Waals surface area contributed by atoms with E-state index >= 15 is 0 Å². The molecule has 2 aromatic rings. The van der Waals surface area contributed by atoms with Crippen molar-refractivity contribution in [1.29, 1.82) is 0 Å². The summed E-state index contributed by atoms with van der Waals surface area (Å²) in [6, 6.07) is 9.07. The van der Waals surface area contributed by atoms with Crippen molar-refractivity contribution in [2.75, 3.05) is 5.73 Å². The van der Waals surface area contributed by atoms with E-state index in [4.69, 9.17) is 22.1 Å². The number of aromatic nitrogens is 1. The predicted octanol–water partition coefficient (Wildman–Crippen LogP) is 3.25. The lowest BCUT2D eigenvalue weighted by molar-refractivity contribution is 0.462. The molecule has 0 spiro atoms. The standard InChI is InChI=1S/C11H8ClFN2O/c12-8-6-7(4-5-9(8)13)16-11-3-1-2-10(14)15-11/h1-6H,(H2,14,15). The first-order valence-electron chi connectivity index (χ1n) is 4.50. The molecule has 16 heavy (non-hydrogen) atoms. The number of ether oxygens (including phenoxy) is 1. The number of pyridine rings is 1. The first-order valence-corrected chi connectivity index (χ1v) is 4.88. The smallest absolute Gasteiger partial charge is 0.221 e. The Labute approximate surface area is 96.6 Å². The summed E-state index contributed by atoms with van der Waals surface area (Å²) in [5.41, 5.74) is 5.49. The molecule has 0 aliphatic heterocycles. The van der Waals surface area contributed by atoms with Gasteiger partial charge in [0.25, 0.3) is 0 Å². The Kier molecular flexibility index (Phi) is 2.92. The first-order chi connectivity index (χ1) is 7.65. The minimum atomic E-state index is -0.491. The zero-order valence-corrected chi connectivity index (χ0v) is 8.91.